The number of benzene rings is 1. The Kier molecular flexibility index (Phi) is 3.13. The van der Waals surface area contributed by atoms with Gasteiger partial charge in [0, 0.05) is 37.3 Å². The lowest BCUT2D eigenvalue weighted by Crippen LogP contribution is -2.36. The van der Waals surface area contributed by atoms with Crippen molar-refractivity contribution in [1.29, 1.82) is 0 Å². The molecule has 2 N–H and O–H groups in total. The summed E-state index contributed by atoms with van der Waals surface area (Å²) in [6.07, 6.45) is 0. The van der Waals surface area contributed by atoms with Crippen molar-refractivity contribution in [2.24, 2.45) is 0 Å². The summed E-state index contributed by atoms with van der Waals surface area (Å²) in [6, 6.07) is 7.69. The first-order valence-electron chi connectivity index (χ1n) is 6.45. The highest BCUT2D eigenvalue weighted by Gasteiger charge is 2.15. The van der Waals surface area contributed by atoms with Gasteiger partial charge < -0.3 is 19.9 Å². The van der Waals surface area contributed by atoms with Gasteiger partial charge in [-0.15, -0.1) is 0 Å². The molecule has 1 aromatic carbocycles. The Morgan fingerprint density at radius 1 is 1.26 bits per heavy atom. The molecule has 1 aliphatic heterocycles. The van der Waals surface area contributed by atoms with Crippen molar-refractivity contribution in [2.45, 2.75) is 0 Å². The monoisotopic (exact) mass is 259 g/mol. The molecule has 1 aliphatic rings. The second-order valence-electron chi connectivity index (χ2n) is 4.63. The lowest BCUT2D eigenvalue weighted by molar-refractivity contribution is 0.123. The Labute approximate surface area is 111 Å². The van der Waals surface area contributed by atoms with Gasteiger partial charge in [-0.25, -0.2) is 0 Å². The van der Waals surface area contributed by atoms with Crippen molar-refractivity contribution < 1.29 is 4.74 Å². The zero-order chi connectivity index (χ0) is 13.2. The minimum absolute atomic E-state index is 0.0674. The smallest absolute Gasteiger partial charge is 0.250 e. The molecule has 0 unspecified atom stereocenters. The van der Waals surface area contributed by atoms with E-state index < -0.39 is 0 Å². The van der Waals surface area contributed by atoms with Crippen LogP contribution in [0, 0.1) is 0 Å². The fourth-order valence-electron chi connectivity index (χ4n) is 2.46. The van der Waals surface area contributed by atoms with Crippen LogP contribution < -0.4 is 15.8 Å². The van der Waals surface area contributed by atoms with Gasteiger partial charge in [-0.2, -0.15) is 0 Å². The third-order valence-electron chi connectivity index (χ3n) is 3.46. The van der Waals surface area contributed by atoms with Gasteiger partial charge in [0.05, 0.1) is 24.4 Å². The first-order chi connectivity index (χ1) is 9.28. The SMILES string of the molecule is CNc1ccc2c(N3CCOCC3)cc(=O)[nH]c2c1. The van der Waals surface area contributed by atoms with Crippen LogP contribution in [0.5, 0.6) is 0 Å². The maximum absolute atomic E-state index is 11.8. The summed E-state index contributed by atoms with van der Waals surface area (Å²) in [6.45, 7) is 3.07. The molecule has 3 rings (SSSR count). The number of fused-ring (bicyclic) bond motifs is 1. The van der Waals surface area contributed by atoms with Crippen molar-refractivity contribution in [3.8, 4) is 0 Å². The van der Waals surface area contributed by atoms with E-state index in [2.05, 4.69) is 15.2 Å². The molecule has 0 bridgehead atoms. The van der Waals surface area contributed by atoms with E-state index in [4.69, 9.17) is 4.74 Å². The van der Waals surface area contributed by atoms with E-state index >= 15 is 0 Å². The van der Waals surface area contributed by atoms with Crippen LogP contribution in [-0.2, 0) is 4.74 Å². The number of hydrogen-bond acceptors (Lipinski definition) is 4. The van der Waals surface area contributed by atoms with Crippen LogP contribution >= 0.6 is 0 Å². The number of hydrogen-bond donors (Lipinski definition) is 2. The zero-order valence-electron chi connectivity index (χ0n) is 10.9. The third kappa shape index (κ3) is 2.29. The van der Waals surface area contributed by atoms with Gasteiger partial charge in [-0.05, 0) is 18.2 Å². The van der Waals surface area contributed by atoms with Gasteiger partial charge in [-0.1, -0.05) is 0 Å². The first-order valence-corrected chi connectivity index (χ1v) is 6.45. The fourth-order valence-corrected chi connectivity index (χ4v) is 2.46. The van der Waals surface area contributed by atoms with Crippen LogP contribution in [-0.4, -0.2) is 38.3 Å². The topological polar surface area (TPSA) is 57.4 Å². The molecular formula is C14H17N3O2. The molecule has 2 heterocycles. The summed E-state index contributed by atoms with van der Waals surface area (Å²) >= 11 is 0. The number of nitrogens with one attached hydrogen (secondary N) is 2. The zero-order valence-corrected chi connectivity index (χ0v) is 10.9. The average molecular weight is 259 g/mol. The highest BCUT2D eigenvalue weighted by molar-refractivity contribution is 5.93. The van der Waals surface area contributed by atoms with Crippen LogP contribution in [0.4, 0.5) is 11.4 Å². The van der Waals surface area contributed by atoms with Crippen LogP contribution in [0.15, 0.2) is 29.1 Å². The average Bonchev–Trinajstić information content (AvgIpc) is 2.46. The molecule has 0 radical (unpaired) electrons. The number of anilines is 2. The van der Waals surface area contributed by atoms with E-state index in [1.807, 2.05) is 25.2 Å². The predicted octanol–water partition coefficient (Wildman–Crippen LogP) is 1.41. The summed E-state index contributed by atoms with van der Waals surface area (Å²) in [5.41, 5.74) is 2.77. The standard InChI is InChI=1S/C14H17N3O2/c1-15-10-2-3-11-12(8-10)16-14(18)9-13(11)17-4-6-19-7-5-17/h2-3,8-9,15H,4-7H2,1H3,(H,16,18). The van der Waals surface area contributed by atoms with Crippen LogP contribution in [0.3, 0.4) is 0 Å². The molecule has 0 atom stereocenters. The Hall–Kier alpha value is -2.01. The molecule has 0 spiro atoms. The van der Waals surface area contributed by atoms with Crippen LogP contribution in [0.2, 0.25) is 0 Å². The molecule has 5 nitrogen and oxygen atoms in total. The van der Waals surface area contributed by atoms with Crippen molar-refractivity contribution in [2.75, 3.05) is 43.6 Å². The molecule has 1 aromatic heterocycles. The number of nitrogens with zero attached hydrogens (tertiary/aromatic N) is 1. The van der Waals surface area contributed by atoms with E-state index in [9.17, 15) is 4.79 Å². The third-order valence-corrected chi connectivity index (χ3v) is 3.46. The van der Waals surface area contributed by atoms with Gasteiger partial charge in [0.25, 0.3) is 0 Å². The van der Waals surface area contributed by atoms with Crippen molar-refractivity contribution in [1.82, 2.24) is 4.98 Å². The highest BCUT2D eigenvalue weighted by Crippen LogP contribution is 2.26. The van der Waals surface area contributed by atoms with E-state index in [0.29, 0.717) is 13.2 Å². The number of rotatable bonds is 2. The molecule has 1 fully saturated rings. The Morgan fingerprint density at radius 3 is 2.79 bits per heavy atom. The number of aromatic nitrogens is 1. The number of pyridine rings is 1. The minimum atomic E-state index is -0.0674. The molecule has 2 aromatic rings. The molecule has 0 saturated carbocycles. The van der Waals surface area contributed by atoms with Gasteiger partial charge in [0.15, 0.2) is 0 Å². The van der Waals surface area contributed by atoms with Crippen LogP contribution in [0.25, 0.3) is 10.9 Å². The quantitative estimate of drug-likeness (QED) is 0.856. The summed E-state index contributed by atoms with van der Waals surface area (Å²) in [4.78, 5) is 16.9. The first kappa shape index (κ1) is 12.0. The molecule has 100 valence electrons. The van der Waals surface area contributed by atoms with Crippen LogP contribution in [0.1, 0.15) is 0 Å². The summed E-state index contributed by atoms with van der Waals surface area (Å²) in [5, 5.41) is 4.15. The van der Waals surface area contributed by atoms with Gasteiger partial charge in [-0.3, -0.25) is 4.79 Å². The Bertz CT molecular complexity index is 645. The summed E-state index contributed by atoms with van der Waals surface area (Å²) < 4.78 is 5.36. The largest absolute Gasteiger partial charge is 0.388 e. The number of H-pyrrole nitrogens is 1. The van der Waals surface area contributed by atoms with Gasteiger partial charge in [0.1, 0.15) is 0 Å². The summed E-state index contributed by atoms with van der Waals surface area (Å²) in [7, 11) is 1.87. The van der Waals surface area contributed by atoms with Crippen molar-refractivity contribution >= 4 is 22.3 Å². The lowest BCUT2D eigenvalue weighted by Gasteiger charge is -2.29. The molecule has 1 saturated heterocycles. The lowest BCUT2D eigenvalue weighted by atomic mass is 10.1. The molecule has 5 heteroatoms. The molecular weight excluding hydrogens is 242 g/mol. The second-order valence-corrected chi connectivity index (χ2v) is 4.63. The second kappa shape index (κ2) is 4.93. The fraction of sp³-hybridized carbons (Fsp3) is 0.357. The molecule has 19 heavy (non-hydrogen) atoms. The maximum Gasteiger partial charge on any atom is 0.250 e. The number of ether oxygens (including phenoxy) is 1. The maximum atomic E-state index is 11.8. The highest BCUT2D eigenvalue weighted by atomic mass is 16.5. The normalized spacial score (nSPS) is 15.7. The van der Waals surface area contributed by atoms with E-state index in [1.165, 1.54) is 0 Å². The minimum Gasteiger partial charge on any atom is -0.388 e. The van der Waals surface area contributed by atoms with Crippen molar-refractivity contribution in [3.05, 3.63) is 34.6 Å². The Morgan fingerprint density at radius 2 is 2.05 bits per heavy atom. The van der Waals surface area contributed by atoms with Gasteiger partial charge >= 0.3 is 0 Å². The Balaban J connectivity index is 2.14. The van der Waals surface area contributed by atoms with E-state index in [0.717, 1.165) is 35.4 Å². The molecule has 0 aliphatic carbocycles. The number of aromatic amines is 1. The predicted molar refractivity (Wildman–Crippen MR) is 77.1 cm³/mol. The van der Waals surface area contributed by atoms with Crippen molar-refractivity contribution in [3.63, 3.8) is 0 Å². The van der Waals surface area contributed by atoms with E-state index in [1.54, 1.807) is 6.07 Å². The van der Waals surface area contributed by atoms with E-state index in [-0.39, 0.29) is 5.56 Å². The van der Waals surface area contributed by atoms with Gasteiger partial charge in [0.2, 0.25) is 5.56 Å². The number of morpholine rings is 1. The summed E-state index contributed by atoms with van der Waals surface area (Å²) in [5.74, 6) is 0. The molecule has 0 amide bonds.